The average Bonchev–Trinajstić information content (AvgIpc) is 2.04. The maximum atomic E-state index is 2.35. The molecule has 0 nitrogen and oxygen atoms in total. The van der Waals surface area contributed by atoms with Crippen LogP contribution in [0.5, 0.6) is 0 Å². The third kappa shape index (κ3) is 2.70. The first-order chi connectivity index (χ1) is 6.13. The lowest BCUT2D eigenvalue weighted by Gasteiger charge is -2.40. The second kappa shape index (κ2) is 4.61. The van der Waals surface area contributed by atoms with Gasteiger partial charge in [0.2, 0.25) is 0 Å². The van der Waals surface area contributed by atoms with Crippen molar-refractivity contribution >= 4 is 14.0 Å². The Morgan fingerprint density at radius 3 is 1.69 bits per heavy atom. The summed E-state index contributed by atoms with van der Waals surface area (Å²) >= 11 is 0. The van der Waals surface area contributed by atoms with Crippen LogP contribution in [0.1, 0.15) is 27.7 Å². The highest BCUT2D eigenvalue weighted by Gasteiger charge is 2.04. The minimum Gasteiger partial charge on any atom is -0.278 e. The van der Waals surface area contributed by atoms with Crippen LogP contribution < -0.4 is 5.19 Å². The van der Waals surface area contributed by atoms with Gasteiger partial charge in [0.15, 0.2) is 0 Å². The Morgan fingerprint density at radius 2 is 1.31 bits per heavy atom. The highest BCUT2D eigenvalue weighted by atomic mass is 28.3. The fourth-order valence-electron chi connectivity index (χ4n) is 1.96. The number of benzene rings is 1. The molecule has 0 aromatic heterocycles. The van der Waals surface area contributed by atoms with Crippen molar-refractivity contribution in [3.05, 3.63) is 30.3 Å². The summed E-state index contributed by atoms with van der Waals surface area (Å²) in [6.45, 7) is 9.39. The predicted octanol–water partition coefficient (Wildman–Crippen LogP) is 3.21. The molecule has 0 aliphatic rings. The van der Waals surface area contributed by atoms with Crippen molar-refractivity contribution in [3.63, 3.8) is 0 Å². The summed E-state index contributed by atoms with van der Waals surface area (Å²) in [7, 11) is -0.356. The van der Waals surface area contributed by atoms with Crippen molar-refractivity contribution in [1.29, 1.82) is 0 Å². The highest BCUT2D eigenvalue weighted by Crippen LogP contribution is 2.19. The molecule has 0 N–H and O–H groups in total. The Balaban J connectivity index is 2.89. The standard InChI is InChI=1S/C12H19Si/c1-10(2)13(11(3)4)12-8-6-5-7-9-12/h5-11H,1-4H3/q-1. The van der Waals surface area contributed by atoms with E-state index in [1.165, 1.54) is 0 Å². The van der Waals surface area contributed by atoms with Gasteiger partial charge < -0.3 is 0 Å². The summed E-state index contributed by atoms with van der Waals surface area (Å²) in [6.07, 6.45) is 0. The molecule has 1 aromatic carbocycles. The Morgan fingerprint density at radius 1 is 0.846 bits per heavy atom. The first kappa shape index (κ1) is 10.5. The zero-order valence-corrected chi connectivity index (χ0v) is 10.0. The van der Waals surface area contributed by atoms with Gasteiger partial charge in [0.1, 0.15) is 0 Å². The number of hydrogen-bond donors (Lipinski definition) is 0. The predicted molar refractivity (Wildman–Crippen MR) is 62.0 cm³/mol. The van der Waals surface area contributed by atoms with Crippen molar-refractivity contribution < 1.29 is 0 Å². The molecule has 72 valence electrons. The SMILES string of the molecule is CC(C)[Si-](c1ccccc1)C(C)C. The smallest absolute Gasteiger partial charge is 0.0625 e. The van der Waals surface area contributed by atoms with Crippen LogP contribution >= 0.6 is 0 Å². The largest absolute Gasteiger partial charge is 0.278 e. The van der Waals surface area contributed by atoms with Gasteiger partial charge in [-0.1, -0.05) is 58.0 Å². The van der Waals surface area contributed by atoms with E-state index in [9.17, 15) is 0 Å². The van der Waals surface area contributed by atoms with Crippen LogP contribution in [0.15, 0.2) is 30.3 Å². The van der Waals surface area contributed by atoms with E-state index < -0.39 is 0 Å². The third-order valence-electron chi connectivity index (χ3n) is 2.35. The van der Waals surface area contributed by atoms with E-state index >= 15 is 0 Å². The molecule has 0 saturated carbocycles. The summed E-state index contributed by atoms with van der Waals surface area (Å²) in [5.41, 5.74) is 1.65. The van der Waals surface area contributed by atoms with E-state index in [1.807, 2.05) is 0 Å². The van der Waals surface area contributed by atoms with Gasteiger partial charge in [-0.25, -0.2) is 0 Å². The molecule has 0 spiro atoms. The van der Waals surface area contributed by atoms with Crippen LogP contribution in [-0.2, 0) is 0 Å². The molecule has 0 fully saturated rings. The molecule has 0 atom stereocenters. The Kier molecular flexibility index (Phi) is 3.73. The monoisotopic (exact) mass is 191 g/mol. The minimum atomic E-state index is -0.356. The van der Waals surface area contributed by atoms with E-state index in [-0.39, 0.29) is 8.80 Å². The molecule has 0 aliphatic carbocycles. The lowest BCUT2D eigenvalue weighted by Crippen LogP contribution is -2.35. The molecule has 0 heterocycles. The van der Waals surface area contributed by atoms with Crippen molar-refractivity contribution in [2.45, 2.75) is 38.8 Å². The molecule has 0 aliphatic heterocycles. The summed E-state index contributed by atoms with van der Waals surface area (Å²) in [6, 6.07) is 11.0. The molecular weight excluding hydrogens is 172 g/mol. The fourth-order valence-corrected chi connectivity index (χ4v) is 5.21. The minimum absolute atomic E-state index is 0.356. The summed E-state index contributed by atoms with van der Waals surface area (Å²) < 4.78 is 0. The second-order valence-electron chi connectivity index (χ2n) is 4.13. The van der Waals surface area contributed by atoms with Gasteiger partial charge in [-0.05, 0) is 0 Å². The third-order valence-corrected chi connectivity index (χ3v) is 5.84. The lowest BCUT2D eigenvalue weighted by atomic mass is 10.4. The number of hydrogen-bond acceptors (Lipinski definition) is 0. The molecule has 0 radical (unpaired) electrons. The highest BCUT2D eigenvalue weighted by molar-refractivity contribution is 6.75. The van der Waals surface area contributed by atoms with E-state index in [4.69, 9.17) is 0 Å². The molecule has 1 heteroatoms. The molecule has 13 heavy (non-hydrogen) atoms. The van der Waals surface area contributed by atoms with Crippen molar-refractivity contribution in [2.24, 2.45) is 0 Å². The molecule has 0 bridgehead atoms. The normalized spacial score (nSPS) is 10.9. The van der Waals surface area contributed by atoms with E-state index in [2.05, 4.69) is 58.0 Å². The Hall–Kier alpha value is -0.563. The molecule has 1 aromatic rings. The quantitative estimate of drug-likeness (QED) is 0.644. The molecule has 0 amide bonds. The topological polar surface area (TPSA) is 0 Å². The van der Waals surface area contributed by atoms with E-state index in [1.54, 1.807) is 5.19 Å². The number of rotatable bonds is 3. The summed E-state index contributed by atoms with van der Waals surface area (Å²) in [5.74, 6) is 0. The van der Waals surface area contributed by atoms with Gasteiger partial charge in [0, 0.05) is 0 Å². The van der Waals surface area contributed by atoms with Crippen molar-refractivity contribution in [2.75, 3.05) is 0 Å². The maximum absolute atomic E-state index is 2.35. The van der Waals surface area contributed by atoms with Gasteiger partial charge in [-0.2, -0.15) is 16.3 Å². The Bertz CT molecular complexity index is 231. The summed E-state index contributed by atoms with van der Waals surface area (Å²) in [5, 5.41) is 1.58. The molecule has 0 unspecified atom stereocenters. The van der Waals surface area contributed by atoms with Crippen LogP contribution in [0.2, 0.25) is 11.1 Å². The van der Waals surface area contributed by atoms with Crippen LogP contribution in [0.25, 0.3) is 0 Å². The molecule has 0 saturated heterocycles. The fraction of sp³-hybridized carbons (Fsp3) is 0.500. The van der Waals surface area contributed by atoms with Gasteiger partial charge in [0.05, 0.1) is 0 Å². The van der Waals surface area contributed by atoms with Crippen LogP contribution in [0.3, 0.4) is 0 Å². The Labute approximate surface area is 83.6 Å². The first-order valence-electron chi connectivity index (χ1n) is 5.05. The van der Waals surface area contributed by atoms with Crippen molar-refractivity contribution in [1.82, 2.24) is 0 Å². The van der Waals surface area contributed by atoms with Gasteiger partial charge in [-0.15, -0.1) is 0 Å². The maximum Gasteiger partial charge on any atom is -0.0625 e. The average molecular weight is 191 g/mol. The lowest BCUT2D eigenvalue weighted by molar-refractivity contribution is 0.951. The van der Waals surface area contributed by atoms with E-state index in [0.717, 1.165) is 11.1 Å². The zero-order chi connectivity index (χ0) is 9.84. The molecule has 1 rings (SSSR count). The van der Waals surface area contributed by atoms with Gasteiger partial charge >= 0.3 is 0 Å². The van der Waals surface area contributed by atoms with Crippen LogP contribution in [0, 0.1) is 0 Å². The summed E-state index contributed by atoms with van der Waals surface area (Å²) in [4.78, 5) is 0. The van der Waals surface area contributed by atoms with E-state index in [0.29, 0.717) is 0 Å². The zero-order valence-electron chi connectivity index (χ0n) is 9.04. The van der Waals surface area contributed by atoms with Gasteiger partial charge in [-0.3, -0.25) is 8.80 Å². The first-order valence-corrected chi connectivity index (χ1v) is 6.70. The van der Waals surface area contributed by atoms with Gasteiger partial charge in [0.25, 0.3) is 0 Å². The second-order valence-corrected chi connectivity index (χ2v) is 7.93. The van der Waals surface area contributed by atoms with Crippen molar-refractivity contribution in [3.8, 4) is 0 Å². The van der Waals surface area contributed by atoms with Crippen LogP contribution in [0.4, 0.5) is 0 Å². The van der Waals surface area contributed by atoms with Crippen LogP contribution in [-0.4, -0.2) is 8.80 Å². The molecular formula is C12H19Si-.